The molecule has 0 saturated carbocycles. The fourth-order valence-corrected chi connectivity index (χ4v) is 4.65. The number of allylic oxidation sites excluding steroid dienone is 1. The zero-order valence-electron chi connectivity index (χ0n) is 14.8. The first kappa shape index (κ1) is 18.9. The van der Waals surface area contributed by atoms with E-state index in [-0.39, 0.29) is 5.91 Å². The monoisotopic (exact) mass is 381 g/mol. The van der Waals surface area contributed by atoms with E-state index in [1.54, 1.807) is 11.3 Å². The molecule has 0 unspecified atom stereocenters. The molecule has 0 aromatic carbocycles. The number of hydrogen-bond donors (Lipinski definition) is 1. The van der Waals surface area contributed by atoms with Crippen LogP contribution in [-0.2, 0) is 11.3 Å². The standard InChI is InChI=1S/C19H28ClN3OS/c20-18-7-6-17(25-18)14-22-10-12-23(13-11-22)15-19(24)21-9-8-16-4-2-1-3-5-16/h4,6-7H,1-3,5,8-15H2,(H,21,24). The molecule has 1 fully saturated rings. The van der Waals surface area contributed by atoms with Gasteiger partial charge in [-0.2, -0.15) is 0 Å². The van der Waals surface area contributed by atoms with Crippen LogP contribution in [0.4, 0.5) is 0 Å². The lowest BCUT2D eigenvalue weighted by molar-refractivity contribution is -0.122. The second kappa shape index (κ2) is 9.72. The van der Waals surface area contributed by atoms with Gasteiger partial charge in [-0.3, -0.25) is 14.6 Å². The van der Waals surface area contributed by atoms with Crippen molar-refractivity contribution in [2.24, 2.45) is 0 Å². The lowest BCUT2D eigenvalue weighted by Gasteiger charge is -2.34. The summed E-state index contributed by atoms with van der Waals surface area (Å²) in [7, 11) is 0. The Balaban J connectivity index is 1.30. The van der Waals surface area contributed by atoms with Gasteiger partial charge in [0.25, 0.3) is 0 Å². The first-order valence-electron chi connectivity index (χ1n) is 9.32. The first-order valence-corrected chi connectivity index (χ1v) is 10.5. The van der Waals surface area contributed by atoms with Crippen molar-refractivity contribution in [2.75, 3.05) is 39.3 Å². The summed E-state index contributed by atoms with van der Waals surface area (Å²) in [6, 6.07) is 4.07. The summed E-state index contributed by atoms with van der Waals surface area (Å²) in [5.74, 6) is 0.162. The Morgan fingerprint density at radius 3 is 2.64 bits per heavy atom. The van der Waals surface area contributed by atoms with Gasteiger partial charge in [-0.1, -0.05) is 23.3 Å². The van der Waals surface area contributed by atoms with E-state index in [9.17, 15) is 4.79 Å². The van der Waals surface area contributed by atoms with Gasteiger partial charge in [-0.25, -0.2) is 0 Å². The maximum Gasteiger partial charge on any atom is 0.234 e. The van der Waals surface area contributed by atoms with E-state index in [0.29, 0.717) is 6.54 Å². The van der Waals surface area contributed by atoms with Crippen molar-refractivity contribution < 1.29 is 4.79 Å². The average molecular weight is 382 g/mol. The van der Waals surface area contributed by atoms with Crippen molar-refractivity contribution in [3.8, 4) is 0 Å². The zero-order valence-corrected chi connectivity index (χ0v) is 16.4. The Bertz CT molecular complexity index is 593. The fraction of sp³-hybridized carbons (Fsp3) is 0.632. The molecule has 138 valence electrons. The molecule has 1 N–H and O–H groups in total. The summed E-state index contributed by atoms with van der Waals surface area (Å²) in [6.07, 6.45) is 8.43. The third-order valence-electron chi connectivity index (χ3n) is 4.99. The minimum Gasteiger partial charge on any atom is -0.355 e. The predicted molar refractivity (Wildman–Crippen MR) is 105 cm³/mol. The number of hydrogen-bond acceptors (Lipinski definition) is 4. The first-order chi connectivity index (χ1) is 12.2. The molecule has 0 atom stereocenters. The maximum absolute atomic E-state index is 12.1. The third-order valence-corrected chi connectivity index (χ3v) is 6.21. The number of nitrogens with one attached hydrogen (secondary N) is 1. The van der Waals surface area contributed by atoms with Crippen molar-refractivity contribution in [1.29, 1.82) is 0 Å². The predicted octanol–water partition coefficient (Wildman–Crippen LogP) is 3.53. The molecule has 0 spiro atoms. The van der Waals surface area contributed by atoms with Crippen LogP contribution >= 0.6 is 22.9 Å². The Kier molecular flexibility index (Phi) is 7.35. The van der Waals surface area contributed by atoms with Gasteiger partial charge >= 0.3 is 0 Å². The van der Waals surface area contributed by atoms with Crippen LogP contribution in [0.25, 0.3) is 0 Å². The summed E-state index contributed by atoms with van der Waals surface area (Å²) in [5.41, 5.74) is 1.52. The number of nitrogens with zero attached hydrogens (tertiary/aromatic N) is 2. The molecule has 3 rings (SSSR count). The summed E-state index contributed by atoms with van der Waals surface area (Å²) in [4.78, 5) is 18.1. The number of halogens is 1. The van der Waals surface area contributed by atoms with Gasteiger partial charge in [0.2, 0.25) is 5.91 Å². The summed E-state index contributed by atoms with van der Waals surface area (Å²) in [5, 5.41) is 3.08. The lowest BCUT2D eigenvalue weighted by Crippen LogP contribution is -2.49. The van der Waals surface area contributed by atoms with Crippen LogP contribution in [-0.4, -0.2) is 55.0 Å². The highest BCUT2D eigenvalue weighted by molar-refractivity contribution is 7.16. The van der Waals surface area contributed by atoms with E-state index in [0.717, 1.165) is 50.0 Å². The second-order valence-corrected chi connectivity index (χ2v) is 8.77. The molecular weight excluding hydrogens is 354 g/mol. The maximum atomic E-state index is 12.1. The summed E-state index contributed by atoms with van der Waals surface area (Å²) >= 11 is 7.65. The highest BCUT2D eigenvalue weighted by Gasteiger charge is 2.19. The van der Waals surface area contributed by atoms with Gasteiger partial charge in [0, 0.05) is 44.1 Å². The van der Waals surface area contributed by atoms with E-state index in [1.807, 2.05) is 6.07 Å². The van der Waals surface area contributed by atoms with Crippen molar-refractivity contribution in [3.63, 3.8) is 0 Å². The SMILES string of the molecule is O=C(CN1CCN(Cc2ccc(Cl)s2)CC1)NCCC1=CCCCC1. The van der Waals surface area contributed by atoms with Gasteiger partial charge in [0.15, 0.2) is 0 Å². The molecule has 2 aliphatic rings. The van der Waals surface area contributed by atoms with Gasteiger partial charge in [0.05, 0.1) is 10.9 Å². The van der Waals surface area contributed by atoms with Crippen LogP contribution in [0, 0.1) is 0 Å². The molecular formula is C19H28ClN3OS. The Morgan fingerprint density at radius 2 is 1.96 bits per heavy atom. The van der Waals surface area contributed by atoms with Crippen LogP contribution < -0.4 is 5.32 Å². The van der Waals surface area contributed by atoms with Crippen molar-refractivity contribution >= 4 is 28.8 Å². The van der Waals surface area contributed by atoms with Crippen LogP contribution in [0.5, 0.6) is 0 Å². The van der Waals surface area contributed by atoms with Gasteiger partial charge in [0.1, 0.15) is 0 Å². The van der Waals surface area contributed by atoms with E-state index in [1.165, 1.54) is 36.1 Å². The topological polar surface area (TPSA) is 35.6 Å². The molecule has 0 radical (unpaired) electrons. The van der Waals surface area contributed by atoms with Gasteiger partial charge in [-0.05, 0) is 44.2 Å². The zero-order chi connectivity index (χ0) is 17.5. The van der Waals surface area contributed by atoms with E-state index in [2.05, 4.69) is 27.3 Å². The fourth-order valence-electron chi connectivity index (χ4n) is 3.52. The lowest BCUT2D eigenvalue weighted by atomic mass is 9.97. The molecule has 1 amide bonds. The number of carbonyl (C=O) groups excluding carboxylic acids is 1. The number of rotatable bonds is 7. The smallest absolute Gasteiger partial charge is 0.234 e. The number of thiophene rings is 1. The molecule has 0 bridgehead atoms. The molecule has 1 aromatic heterocycles. The minimum atomic E-state index is 0.162. The Hall–Kier alpha value is -0.880. The summed E-state index contributed by atoms with van der Waals surface area (Å²) in [6.45, 7) is 6.20. The molecule has 25 heavy (non-hydrogen) atoms. The normalized spacial score (nSPS) is 19.6. The van der Waals surface area contributed by atoms with Gasteiger partial charge in [-0.15, -0.1) is 11.3 Å². The van der Waals surface area contributed by atoms with Crippen molar-refractivity contribution in [2.45, 2.75) is 38.6 Å². The van der Waals surface area contributed by atoms with E-state index < -0.39 is 0 Å². The molecule has 2 heterocycles. The molecule has 1 aliphatic heterocycles. The van der Waals surface area contributed by atoms with Crippen LogP contribution in [0.3, 0.4) is 0 Å². The molecule has 1 aromatic rings. The van der Waals surface area contributed by atoms with Crippen molar-refractivity contribution in [3.05, 3.63) is 33.0 Å². The molecule has 1 saturated heterocycles. The third kappa shape index (κ3) is 6.41. The highest BCUT2D eigenvalue weighted by atomic mass is 35.5. The van der Waals surface area contributed by atoms with Crippen molar-refractivity contribution in [1.82, 2.24) is 15.1 Å². The largest absolute Gasteiger partial charge is 0.355 e. The number of amides is 1. The molecule has 1 aliphatic carbocycles. The average Bonchev–Trinajstić information content (AvgIpc) is 3.02. The Labute approximate surface area is 159 Å². The van der Waals surface area contributed by atoms with Crippen LogP contribution in [0.15, 0.2) is 23.8 Å². The number of carbonyl (C=O) groups is 1. The van der Waals surface area contributed by atoms with E-state index >= 15 is 0 Å². The number of piperazine rings is 1. The quantitative estimate of drug-likeness (QED) is 0.734. The van der Waals surface area contributed by atoms with E-state index in [4.69, 9.17) is 11.6 Å². The van der Waals surface area contributed by atoms with Crippen LogP contribution in [0.2, 0.25) is 4.34 Å². The molecule has 4 nitrogen and oxygen atoms in total. The second-order valence-electron chi connectivity index (χ2n) is 6.97. The Morgan fingerprint density at radius 1 is 1.16 bits per heavy atom. The minimum absolute atomic E-state index is 0.162. The highest BCUT2D eigenvalue weighted by Crippen LogP contribution is 2.23. The summed E-state index contributed by atoms with van der Waals surface area (Å²) < 4.78 is 0.856. The van der Waals surface area contributed by atoms with Crippen LogP contribution in [0.1, 0.15) is 37.0 Å². The van der Waals surface area contributed by atoms with Gasteiger partial charge < -0.3 is 5.32 Å². The molecule has 6 heteroatoms.